The van der Waals surface area contributed by atoms with Gasteiger partial charge in [-0.25, -0.2) is 4.79 Å². The Morgan fingerprint density at radius 1 is 1.38 bits per heavy atom. The third kappa shape index (κ3) is 2.48. The summed E-state index contributed by atoms with van der Waals surface area (Å²) in [5, 5.41) is 12.8. The minimum Gasteiger partial charge on any atom is -0.465 e. The normalized spacial score (nSPS) is 32.7. The second kappa shape index (κ2) is 5.04. The summed E-state index contributed by atoms with van der Waals surface area (Å²) in [5.41, 5.74) is 0. The molecule has 2 heterocycles. The molecule has 0 spiro atoms. The van der Waals surface area contributed by atoms with Crippen molar-refractivity contribution < 1.29 is 9.90 Å². The summed E-state index contributed by atoms with van der Waals surface area (Å²) in [6.07, 6.45) is 5.76. The highest BCUT2D eigenvalue weighted by Crippen LogP contribution is 2.29. The zero-order chi connectivity index (χ0) is 11.5. The highest BCUT2D eigenvalue weighted by atomic mass is 16.4. The number of fused-ring (bicyclic) bond motifs is 2. The summed E-state index contributed by atoms with van der Waals surface area (Å²) in [4.78, 5) is 12.9. The highest BCUT2D eigenvalue weighted by molar-refractivity contribution is 5.65. The number of amides is 1. The number of nitrogens with zero attached hydrogens (tertiary/aromatic N) is 1. The van der Waals surface area contributed by atoms with Gasteiger partial charge in [-0.05, 0) is 32.1 Å². The van der Waals surface area contributed by atoms with Crippen molar-refractivity contribution in [2.24, 2.45) is 0 Å². The molecule has 2 aliphatic heterocycles. The fourth-order valence-corrected chi connectivity index (χ4v) is 3.04. The van der Waals surface area contributed by atoms with Crippen molar-refractivity contribution in [3.8, 4) is 0 Å². The van der Waals surface area contributed by atoms with E-state index in [4.69, 9.17) is 0 Å². The first-order chi connectivity index (χ1) is 7.70. The summed E-state index contributed by atoms with van der Waals surface area (Å²) < 4.78 is 0. The van der Waals surface area contributed by atoms with Crippen LogP contribution in [0.25, 0.3) is 0 Å². The maximum absolute atomic E-state index is 11.2. The molecule has 2 fully saturated rings. The predicted molar refractivity (Wildman–Crippen MR) is 62.6 cm³/mol. The van der Waals surface area contributed by atoms with Crippen LogP contribution in [0.3, 0.4) is 0 Å². The number of rotatable bonds is 4. The Labute approximate surface area is 97.0 Å². The monoisotopic (exact) mass is 226 g/mol. The van der Waals surface area contributed by atoms with E-state index in [0.717, 1.165) is 25.7 Å². The molecule has 16 heavy (non-hydrogen) atoms. The molecule has 4 nitrogen and oxygen atoms in total. The molecule has 0 radical (unpaired) electrons. The van der Waals surface area contributed by atoms with Crippen molar-refractivity contribution in [1.82, 2.24) is 10.2 Å². The molecule has 4 heteroatoms. The van der Waals surface area contributed by atoms with E-state index in [2.05, 4.69) is 12.2 Å². The third-order valence-corrected chi connectivity index (χ3v) is 3.89. The third-order valence-electron chi connectivity index (χ3n) is 3.89. The minimum atomic E-state index is -0.736. The average Bonchev–Trinajstić information content (AvgIpc) is 2.58. The minimum absolute atomic E-state index is 0.253. The van der Waals surface area contributed by atoms with Crippen molar-refractivity contribution >= 4 is 6.09 Å². The van der Waals surface area contributed by atoms with E-state index in [-0.39, 0.29) is 6.04 Å². The van der Waals surface area contributed by atoms with Gasteiger partial charge in [0.05, 0.1) is 0 Å². The van der Waals surface area contributed by atoms with Crippen molar-refractivity contribution in [2.75, 3.05) is 6.54 Å². The molecule has 1 amide bonds. The molecule has 0 aromatic rings. The zero-order valence-electron chi connectivity index (χ0n) is 9.98. The lowest BCUT2D eigenvalue weighted by Gasteiger charge is -2.36. The first-order valence-corrected chi connectivity index (χ1v) is 6.46. The van der Waals surface area contributed by atoms with E-state index in [1.54, 1.807) is 4.90 Å². The molecule has 2 rings (SSSR count). The standard InChI is InChI=1S/C12H22N2O2/c1-2-3-6-14(12(15)16)11-7-9-4-5-10(8-11)13-9/h9-11,13H,2-8H2,1H3,(H,15,16). The van der Waals surface area contributed by atoms with Crippen LogP contribution in [0.2, 0.25) is 0 Å². The quantitative estimate of drug-likeness (QED) is 0.771. The van der Waals surface area contributed by atoms with Gasteiger partial charge in [0.1, 0.15) is 0 Å². The number of carbonyl (C=O) groups is 1. The number of hydrogen-bond acceptors (Lipinski definition) is 2. The maximum atomic E-state index is 11.2. The largest absolute Gasteiger partial charge is 0.465 e. The molecule has 2 N–H and O–H groups in total. The Hall–Kier alpha value is -0.770. The van der Waals surface area contributed by atoms with E-state index in [0.29, 0.717) is 18.6 Å². The number of hydrogen-bond donors (Lipinski definition) is 2. The second-order valence-electron chi connectivity index (χ2n) is 5.09. The molecule has 2 unspecified atom stereocenters. The molecule has 0 aromatic carbocycles. The van der Waals surface area contributed by atoms with Gasteiger partial charge < -0.3 is 15.3 Å². The van der Waals surface area contributed by atoms with Crippen LogP contribution in [0.15, 0.2) is 0 Å². The van der Waals surface area contributed by atoms with Crippen molar-refractivity contribution in [1.29, 1.82) is 0 Å². The van der Waals surface area contributed by atoms with Crippen LogP contribution in [0, 0.1) is 0 Å². The number of unbranched alkanes of at least 4 members (excludes halogenated alkanes) is 1. The van der Waals surface area contributed by atoms with Gasteiger partial charge in [0.2, 0.25) is 0 Å². The van der Waals surface area contributed by atoms with Gasteiger partial charge in [-0.3, -0.25) is 0 Å². The van der Waals surface area contributed by atoms with Gasteiger partial charge in [-0.15, -0.1) is 0 Å². The second-order valence-corrected chi connectivity index (χ2v) is 5.09. The van der Waals surface area contributed by atoms with E-state index >= 15 is 0 Å². The number of carboxylic acid groups (broad SMARTS) is 1. The maximum Gasteiger partial charge on any atom is 0.407 e. The van der Waals surface area contributed by atoms with Gasteiger partial charge in [-0.1, -0.05) is 13.3 Å². The molecular weight excluding hydrogens is 204 g/mol. The molecule has 2 saturated heterocycles. The molecule has 2 bridgehead atoms. The fraction of sp³-hybridized carbons (Fsp3) is 0.917. The first kappa shape index (κ1) is 11.7. The van der Waals surface area contributed by atoms with Crippen LogP contribution in [0.1, 0.15) is 45.4 Å². The SMILES string of the molecule is CCCCN(C(=O)O)C1CC2CCC(C1)N2. The van der Waals surface area contributed by atoms with E-state index in [1.807, 2.05) is 0 Å². The van der Waals surface area contributed by atoms with Crippen LogP contribution >= 0.6 is 0 Å². The Morgan fingerprint density at radius 2 is 2.00 bits per heavy atom. The smallest absolute Gasteiger partial charge is 0.407 e. The van der Waals surface area contributed by atoms with Crippen LogP contribution < -0.4 is 5.32 Å². The molecule has 0 aromatic heterocycles. The number of nitrogens with one attached hydrogen (secondary N) is 1. The molecular formula is C12H22N2O2. The Bertz CT molecular complexity index is 245. The van der Waals surface area contributed by atoms with Crippen molar-refractivity contribution in [2.45, 2.75) is 63.6 Å². The van der Waals surface area contributed by atoms with Crippen LogP contribution in [-0.2, 0) is 0 Å². The van der Waals surface area contributed by atoms with Crippen LogP contribution in [0.5, 0.6) is 0 Å². The summed E-state index contributed by atoms with van der Waals surface area (Å²) >= 11 is 0. The molecule has 92 valence electrons. The lowest BCUT2D eigenvalue weighted by atomic mass is 9.98. The Balaban J connectivity index is 1.94. The van der Waals surface area contributed by atoms with E-state index in [9.17, 15) is 9.90 Å². The lowest BCUT2D eigenvalue weighted by molar-refractivity contribution is 0.105. The average molecular weight is 226 g/mol. The summed E-state index contributed by atoms with van der Waals surface area (Å²) in [6.45, 7) is 2.81. The van der Waals surface area contributed by atoms with Gasteiger partial charge in [0, 0.05) is 24.7 Å². The van der Waals surface area contributed by atoms with Crippen LogP contribution in [-0.4, -0.2) is 40.8 Å². The predicted octanol–water partition coefficient (Wildman–Crippen LogP) is 2.05. The topological polar surface area (TPSA) is 52.6 Å². The molecule has 2 atom stereocenters. The lowest BCUT2D eigenvalue weighted by Crippen LogP contribution is -2.50. The number of piperidine rings is 1. The summed E-state index contributed by atoms with van der Waals surface area (Å²) in [6, 6.07) is 1.38. The van der Waals surface area contributed by atoms with E-state index < -0.39 is 6.09 Å². The Kier molecular flexibility index (Phi) is 3.69. The van der Waals surface area contributed by atoms with Gasteiger partial charge in [0.15, 0.2) is 0 Å². The summed E-state index contributed by atoms with van der Waals surface area (Å²) in [7, 11) is 0. The van der Waals surface area contributed by atoms with Crippen LogP contribution in [0.4, 0.5) is 4.79 Å². The first-order valence-electron chi connectivity index (χ1n) is 6.46. The van der Waals surface area contributed by atoms with Crippen molar-refractivity contribution in [3.63, 3.8) is 0 Å². The molecule has 0 saturated carbocycles. The van der Waals surface area contributed by atoms with Gasteiger partial charge in [0.25, 0.3) is 0 Å². The fourth-order valence-electron chi connectivity index (χ4n) is 3.04. The van der Waals surface area contributed by atoms with Gasteiger partial charge in [-0.2, -0.15) is 0 Å². The molecule has 2 aliphatic rings. The summed E-state index contributed by atoms with van der Waals surface area (Å²) in [5.74, 6) is 0. The highest BCUT2D eigenvalue weighted by Gasteiger charge is 2.37. The molecule has 0 aliphatic carbocycles. The Morgan fingerprint density at radius 3 is 2.50 bits per heavy atom. The van der Waals surface area contributed by atoms with Crippen molar-refractivity contribution in [3.05, 3.63) is 0 Å². The van der Waals surface area contributed by atoms with E-state index in [1.165, 1.54) is 12.8 Å². The zero-order valence-corrected chi connectivity index (χ0v) is 9.98. The van der Waals surface area contributed by atoms with Gasteiger partial charge >= 0.3 is 6.09 Å².